The Hall–Kier alpha value is -1.88. The molecule has 2 aromatic rings. The first-order valence-electron chi connectivity index (χ1n) is 7.82. The maximum atomic E-state index is 12.8. The molecule has 1 aliphatic heterocycles. The number of nitrogens with one attached hydrogen (secondary N) is 1. The van der Waals surface area contributed by atoms with Gasteiger partial charge in [0, 0.05) is 23.7 Å². The summed E-state index contributed by atoms with van der Waals surface area (Å²) in [5.41, 5.74) is 1.97. The quantitative estimate of drug-likeness (QED) is 0.943. The van der Waals surface area contributed by atoms with Crippen LogP contribution in [0, 0.1) is 0 Å². The van der Waals surface area contributed by atoms with E-state index in [4.69, 9.17) is 0 Å². The highest BCUT2D eigenvalue weighted by molar-refractivity contribution is 7.10. The largest absolute Gasteiger partial charge is 0.367 e. The van der Waals surface area contributed by atoms with Crippen LogP contribution in [-0.4, -0.2) is 28.4 Å². The van der Waals surface area contributed by atoms with Crippen molar-refractivity contribution in [3.63, 3.8) is 0 Å². The van der Waals surface area contributed by atoms with Gasteiger partial charge in [-0.3, -0.25) is 4.79 Å². The van der Waals surface area contributed by atoms with Gasteiger partial charge in [0.2, 0.25) is 0 Å². The van der Waals surface area contributed by atoms with Gasteiger partial charge in [-0.05, 0) is 55.3 Å². The Balaban J connectivity index is 1.51. The maximum absolute atomic E-state index is 12.8. The van der Waals surface area contributed by atoms with Gasteiger partial charge in [-0.25, -0.2) is 4.98 Å². The summed E-state index contributed by atoms with van der Waals surface area (Å²) < 4.78 is 0. The van der Waals surface area contributed by atoms with Gasteiger partial charge in [-0.15, -0.1) is 11.3 Å². The lowest BCUT2D eigenvalue weighted by molar-refractivity contribution is 0.0679. The molecule has 114 valence electrons. The number of hydrogen-bond donors (Lipinski definition) is 1. The molecule has 2 aromatic heterocycles. The molecule has 1 amide bonds. The van der Waals surface area contributed by atoms with Crippen molar-refractivity contribution in [2.24, 2.45) is 0 Å². The predicted molar refractivity (Wildman–Crippen MR) is 88.4 cm³/mol. The van der Waals surface area contributed by atoms with E-state index in [0.717, 1.165) is 18.8 Å². The number of nitrogens with zero attached hydrogens (tertiary/aromatic N) is 2. The molecular formula is C17H19N3OS. The van der Waals surface area contributed by atoms with Crippen LogP contribution in [0.15, 0.2) is 29.8 Å². The van der Waals surface area contributed by atoms with E-state index >= 15 is 0 Å². The summed E-state index contributed by atoms with van der Waals surface area (Å²) in [6.07, 6.45) is 5.09. The van der Waals surface area contributed by atoms with E-state index in [0.29, 0.717) is 11.6 Å². The third kappa shape index (κ3) is 2.50. The molecule has 1 aliphatic carbocycles. The second-order valence-electron chi connectivity index (χ2n) is 6.07. The molecule has 5 heteroatoms. The Morgan fingerprint density at radius 3 is 2.95 bits per heavy atom. The molecule has 4 rings (SSSR count). The van der Waals surface area contributed by atoms with Crippen LogP contribution in [0.5, 0.6) is 0 Å². The van der Waals surface area contributed by atoms with Crippen molar-refractivity contribution >= 4 is 23.1 Å². The summed E-state index contributed by atoms with van der Waals surface area (Å²) in [6.45, 7) is 2.90. The Morgan fingerprint density at radius 2 is 2.23 bits per heavy atom. The number of fused-ring (bicyclic) bond motifs is 1. The molecule has 0 radical (unpaired) electrons. The Morgan fingerprint density at radius 1 is 1.36 bits per heavy atom. The standard InChI is InChI=1S/C17H19N3OS/c1-11-14-7-9-22-15(14)6-8-20(11)17(21)12-2-5-16(18-10-12)19-13-3-4-13/h2,5,7,9-11,13H,3-4,6,8H2,1H3,(H,18,19)/t11-/m1/s1. The normalized spacial score (nSPS) is 20.6. The molecule has 0 unspecified atom stereocenters. The summed E-state index contributed by atoms with van der Waals surface area (Å²) in [5.74, 6) is 0.945. The van der Waals surface area contributed by atoms with Crippen molar-refractivity contribution in [2.75, 3.05) is 11.9 Å². The molecule has 2 aliphatic rings. The monoisotopic (exact) mass is 313 g/mol. The van der Waals surface area contributed by atoms with Crippen LogP contribution in [0.4, 0.5) is 5.82 Å². The van der Waals surface area contributed by atoms with Gasteiger partial charge in [0.1, 0.15) is 5.82 Å². The highest BCUT2D eigenvalue weighted by Gasteiger charge is 2.29. The molecule has 0 aromatic carbocycles. The minimum absolute atomic E-state index is 0.0785. The van der Waals surface area contributed by atoms with Crippen LogP contribution in [0.2, 0.25) is 0 Å². The molecular weight excluding hydrogens is 294 g/mol. The lowest BCUT2D eigenvalue weighted by Gasteiger charge is -2.33. The van der Waals surface area contributed by atoms with Crippen LogP contribution in [0.1, 0.15) is 46.6 Å². The zero-order valence-electron chi connectivity index (χ0n) is 12.6. The van der Waals surface area contributed by atoms with Gasteiger partial charge >= 0.3 is 0 Å². The minimum atomic E-state index is 0.0785. The molecule has 1 fully saturated rings. The van der Waals surface area contributed by atoms with Crippen LogP contribution in [0.25, 0.3) is 0 Å². The van der Waals surface area contributed by atoms with Crippen molar-refractivity contribution in [1.29, 1.82) is 0 Å². The van der Waals surface area contributed by atoms with Crippen molar-refractivity contribution in [3.05, 3.63) is 45.8 Å². The van der Waals surface area contributed by atoms with Crippen LogP contribution >= 0.6 is 11.3 Å². The Kier molecular flexibility index (Phi) is 3.37. The smallest absolute Gasteiger partial charge is 0.255 e. The summed E-state index contributed by atoms with van der Waals surface area (Å²) >= 11 is 1.79. The summed E-state index contributed by atoms with van der Waals surface area (Å²) in [6, 6.07) is 6.66. The Labute approximate surface area is 134 Å². The maximum Gasteiger partial charge on any atom is 0.255 e. The molecule has 4 nitrogen and oxygen atoms in total. The van der Waals surface area contributed by atoms with Crippen LogP contribution < -0.4 is 5.32 Å². The van der Waals surface area contributed by atoms with Gasteiger partial charge < -0.3 is 10.2 Å². The average Bonchev–Trinajstić information content (AvgIpc) is 3.21. The number of aromatic nitrogens is 1. The predicted octanol–water partition coefficient (Wildman–Crippen LogP) is 3.48. The minimum Gasteiger partial charge on any atom is -0.367 e. The topological polar surface area (TPSA) is 45.2 Å². The molecule has 1 atom stereocenters. The van der Waals surface area contributed by atoms with Crippen molar-refractivity contribution in [1.82, 2.24) is 9.88 Å². The first-order chi connectivity index (χ1) is 10.7. The van der Waals surface area contributed by atoms with Gasteiger partial charge in [-0.1, -0.05) is 0 Å². The van der Waals surface area contributed by atoms with Crippen LogP contribution in [0.3, 0.4) is 0 Å². The zero-order valence-corrected chi connectivity index (χ0v) is 13.4. The molecule has 1 saturated carbocycles. The van der Waals surface area contributed by atoms with E-state index in [2.05, 4.69) is 28.7 Å². The highest BCUT2D eigenvalue weighted by Crippen LogP contribution is 2.33. The third-order valence-corrected chi connectivity index (χ3v) is 5.47. The number of carbonyl (C=O) groups is 1. The zero-order chi connectivity index (χ0) is 15.1. The van der Waals surface area contributed by atoms with E-state index in [1.54, 1.807) is 17.5 Å². The fourth-order valence-corrected chi connectivity index (χ4v) is 3.96. The van der Waals surface area contributed by atoms with E-state index in [1.165, 1.54) is 23.3 Å². The average molecular weight is 313 g/mol. The van der Waals surface area contributed by atoms with E-state index < -0.39 is 0 Å². The molecule has 0 spiro atoms. The number of amides is 1. The van der Waals surface area contributed by atoms with Gasteiger partial charge in [-0.2, -0.15) is 0 Å². The molecule has 22 heavy (non-hydrogen) atoms. The van der Waals surface area contributed by atoms with Gasteiger partial charge in [0.05, 0.1) is 11.6 Å². The number of rotatable bonds is 3. The number of carbonyl (C=O) groups excluding carboxylic acids is 1. The lowest BCUT2D eigenvalue weighted by Crippen LogP contribution is -2.38. The molecule has 3 heterocycles. The highest BCUT2D eigenvalue weighted by atomic mass is 32.1. The van der Waals surface area contributed by atoms with E-state index in [-0.39, 0.29) is 11.9 Å². The van der Waals surface area contributed by atoms with Crippen molar-refractivity contribution in [3.8, 4) is 0 Å². The number of pyridine rings is 1. The van der Waals surface area contributed by atoms with E-state index in [1.807, 2.05) is 17.0 Å². The first kappa shape index (κ1) is 13.8. The number of thiophene rings is 1. The van der Waals surface area contributed by atoms with Crippen molar-refractivity contribution < 1.29 is 4.79 Å². The Bertz CT molecular complexity index is 690. The summed E-state index contributed by atoms with van der Waals surface area (Å²) in [5, 5.41) is 5.47. The first-order valence-corrected chi connectivity index (χ1v) is 8.70. The number of hydrogen-bond acceptors (Lipinski definition) is 4. The van der Waals surface area contributed by atoms with E-state index in [9.17, 15) is 4.79 Å². The van der Waals surface area contributed by atoms with Gasteiger partial charge in [0.25, 0.3) is 5.91 Å². The second kappa shape index (κ2) is 5.39. The fraction of sp³-hybridized carbons (Fsp3) is 0.412. The second-order valence-corrected chi connectivity index (χ2v) is 7.08. The van der Waals surface area contributed by atoms with Gasteiger partial charge in [0.15, 0.2) is 0 Å². The fourth-order valence-electron chi connectivity index (χ4n) is 3.00. The number of anilines is 1. The molecule has 0 bridgehead atoms. The third-order valence-electron chi connectivity index (χ3n) is 4.48. The molecule has 0 saturated heterocycles. The molecule has 1 N–H and O–H groups in total. The summed E-state index contributed by atoms with van der Waals surface area (Å²) in [7, 11) is 0. The summed E-state index contributed by atoms with van der Waals surface area (Å²) in [4.78, 5) is 20.5. The lowest BCUT2D eigenvalue weighted by atomic mass is 10.0. The van der Waals surface area contributed by atoms with Crippen molar-refractivity contribution in [2.45, 2.75) is 38.3 Å². The van der Waals surface area contributed by atoms with Crippen LogP contribution in [-0.2, 0) is 6.42 Å². The SMILES string of the molecule is C[C@@H]1c2ccsc2CCN1C(=O)c1ccc(NC2CC2)nc1.